The molecule has 20 heavy (non-hydrogen) atoms. The molecule has 106 valence electrons. The first-order valence-corrected chi connectivity index (χ1v) is 6.31. The van der Waals surface area contributed by atoms with E-state index in [-0.39, 0.29) is 5.30 Å². The van der Waals surface area contributed by atoms with Crippen molar-refractivity contribution in [3.63, 3.8) is 0 Å². The Hall–Kier alpha value is -1.25. The predicted molar refractivity (Wildman–Crippen MR) is 72.0 cm³/mol. The lowest BCUT2D eigenvalue weighted by atomic mass is 10.0. The molecule has 0 radical (unpaired) electrons. The van der Waals surface area contributed by atoms with Crippen LogP contribution < -0.4 is 10.6 Å². The van der Waals surface area contributed by atoms with Crippen LogP contribution in [0.5, 0.6) is 5.75 Å². The van der Waals surface area contributed by atoms with Crippen molar-refractivity contribution in [2.24, 2.45) is 0 Å². The molecule has 0 aliphatic heterocycles. The van der Waals surface area contributed by atoms with Crippen molar-refractivity contribution >= 4 is 29.1 Å². The van der Waals surface area contributed by atoms with E-state index in [9.17, 15) is 27.1 Å². The van der Waals surface area contributed by atoms with Crippen LogP contribution in [0.4, 0.5) is 22.0 Å². The Morgan fingerprint density at radius 3 is 1.70 bits per heavy atom. The van der Waals surface area contributed by atoms with Gasteiger partial charge in [-0.25, -0.2) is 22.0 Å². The highest BCUT2D eigenvalue weighted by atomic mass is 31.0. The van der Waals surface area contributed by atoms with Gasteiger partial charge in [-0.05, 0) is 11.4 Å². The average molecular weight is 324 g/mol. The molecular formula is C12H7F5OP2. The van der Waals surface area contributed by atoms with Gasteiger partial charge in [-0.3, -0.25) is 0 Å². The summed E-state index contributed by atoms with van der Waals surface area (Å²) in [5, 5.41) is 10.5. The Balaban J connectivity index is 2.87. The lowest BCUT2D eigenvalue weighted by molar-refractivity contribution is 0.380. The molecule has 2 unspecified atom stereocenters. The SMILES string of the molecule is Oc1c(-c2c(F)c(F)c(F)c(F)c2F)ccc(P)c1P. The summed E-state index contributed by atoms with van der Waals surface area (Å²) in [5.74, 6) is -10.9. The number of rotatable bonds is 1. The molecule has 0 saturated heterocycles. The molecule has 0 aromatic heterocycles. The second-order valence-corrected chi connectivity index (χ2v) is 5.11. The summed E-state index contributed by atoms with van der Waals surface area (Å²) in [5.41, 5.74) is -1.64. The first-order chi connectivity index (χ1) is 9.27. The number of aromatic hydroxyl groups is 1. The maximum Gasteiger partial charge on any atom is 0.200 e. The third kappa shape index (κ3) is 2.17. The van der Waals surface area contributed by atoms with Gasteiger partial charge in [0.05, 0.1) is 5.56 Å². The zero-order chi connectivity index (χ0) is 15.2. The molecule has 2 aromatic rings. The highest BCUT2D eigenvalue weighted by Crippen LogP contribution is 2.35. The van der Waals surface area contributed by atoms with E-state index < -0.39 is 46.0 Å². The largest absolute Gasteiger partial charge is 0.507 e. The second-order valence-electron chi connectivity index (χ2n) is 3.91. The van der Waals surface area contributed by atoms with E-state index in [2.05, 4.69) is 18.5 Å². The number of phenolic OH excluding ortho intramolecular Hbond substituents is 1. The molecule has 2 atom stereocenters. The number of hydrogen-bond donors (Lipinski definition) is 1. The van der Waals surface area contributed by atoms with Gasteiger partial charge >= 0.3 is 0 Å². The lowest BCUT2D eigenvalue weighted by Gasteiger charge is -2.12. The molecule has 0 aliphatic rings. The molecule has 0 spiro atoms. The van der Waals surface area contributed by atoms with Crippen molar-refractivity contribution in [3.8, 4) is 16.9 Å². The number of benzene rings is 2. The van der Waals surface area contributed by atoms with Crippen LogP contribution in [0, 0.1) is 29.1 Å². The summed E-state index contributed by atoms with van der Waals surface area (Å²) in [6.45, 7) is 0. The molecule has 0 heterocycles. The number of phenols is 1. The molecule has 0 bridgehead atoms. The quantitative estimate of drug-likeness (QED) is 0.370. The van der Waals surface area contributed by atoms with Crippen LogP contribution in [-0.4, -0.2) is 5.11 Å². The summed E-state index contributed by atoms with van der Waals surface area (Å²) in [4.78, 5) is 0. The minimum Gasteiger partial charge on any atom is -0.507 e. The van der Waals surface area contributed by atoms with Crippen LogP contribution in [0.15, 0.2) is 12.1 Å². The summed E-state index contributed by atoms with van der Waals surface area (Å²) >= 11 is 0. The van der Waals surface area contributed by atoms with Gasteiger partial charge < -0.3 is 5.11 Å². The molecule has 2 rings (SSSR count). The summed E-state index contributed by atoms with van der Waals surface area (Å²) in [6, 6.07) is 2.43. The van der Waals surface area contributed by atoms with Gasteiger partial charge in [0.25, 0.3) is 0 Å². The van der Waals surface area contributed by atoms with Crippen molar-refractivity contribution in [3.05, 3.63) is 41.2 Å². The van der Waals surface area contributed by atoms with Gasteiger partial charge in [-0.1, -0.05) is 6.07 Å². The molecule has 2 aromatic carbocycles. The predicted octanol–water partition coefficient (Wildman–Crippen LogP) is 2.76. The lowest BCUT2D eigenvalue weighted by Crippen LogP contribution is -2.13. The third-order valence-corrected chi connectivity index (χ3v) is 4.17. The van der Waals surface area contributed by atoms with Crippen LogP contribution in [0.3, 0.4) is 0 Å². The Bertz CT molecular complexity index is 689. The van der Waals surface area contributed by atoms with E-state index in [0.29, 0.717) is 5.30 Å². The second kappa shape index (κ2) is 5.27. The Morgan fingerprint density at radius 2 is 1.20 bits per heavy atom. The van der Waals surface area contributed by atoms with E-state index in [4.69, 9.17) is 0 Å². The fourth-order valence-electron chi connectivity index (χ4n) is 1.67. The van der Waals surface area contributed by atoms with Gasteiger partial charge in [0.2, 0.25) is 5.82 Å². The highest BCUT2D eigenvalue weighted by molar-refractivity contribution is 7.36. The topological polar surface area (TPSA) is 20.2 Å². The molecule has 1 N–H and O–H groups in total. The van der Waals surface area contributed by atoms with Gasteiger partial charge in [-0.2, -0.15) is 0 Å². The summed E-state index contributed by atoms with van der Waals surface area (Å²) in [6.07, 6.45) is 0. The minimum absolute atomic E-state index is 0.177. The van der Waals surface area contributed by atoms with Crippen LogP contribution in [0.1, 0.15) is 0 Å². The first kappa shape index (κ1) is 15.1. The average Bonchev–Trinajstić information content (AvgIpc) is 2.43. The molecule has 0 aliphatic carbocycles. The van der Waals surface area contributed by atoms with Crippen molar-refractivity contribution in [1.29, 1.82) is 0 Å². The fraction of sp³-hybridized carbons (Fsp3) is 0. The molecule has 0 saturated carbocycles. The first-order valence-electron chi connectivity index (χ1n) is 5.16. The summed E-state index contributed by atoms with van der Waals surface area (Å²) in [7, 11) is 4.37. The van der Waals surface area contributed by atoms with E-state index in [1.807, 2.05) is 0 Å². The van der Waals surface area contributed by atoms with Gasteiger partial charge in [0.15, 0.2) is 23.3 Å². The van der Waals surface area contributed by atoms with Crippen molar-refractivity contribution in [2.75, 3.05) is 0 Å². The van der Waals surface area contributed by atoms with Gasteiger partial charge in [0.1, 0.15) is 5.75 Å². The number of hydrogen-bond acceptors (Lipinski definition) is 1. The van der Waals surface area contributed by atoms with Crippen LogP contribution in [0.2, 0.25) is 0 Å². The zero-order valence-corrected chi connectivity index (χ0v) is 12.0. The van der Waals surface area contributed by atoms with E-state index in [1.54, 1.807) is 0 Å². The van der Waals surface area contributed by atoms with E-state index in [1.165, 1.54) is 6.07 Å². The Kier molecular flexibility index (Phi) is 3.99. The molecule has 0 amide bonds. The summed E-state index contributed by atoms with van der Waals surface area (Å²) < 4.78 is 66.6. The van der Waals surface area contributed by atoms with Gasteiger partial charge in [-0.15, -0.1) is 18.5 Å². The molecular weight excluding hydrogens is 317 g/mol. The normalized spacial score (nSPS) is 10.9. The maximum atomic E-state index is 13.7. The van der Waals surface area contributed by atoms with Crippen molar-refractivity contribution in [2.45, 2.75) is 0 Å². The van der Waals surface area contributed by atoms with Crippen molar-refractivity contribution in [1.82, 2.24) is 0 Å². The zero-order valence-electron chi connectivity index (χ0n) is 9.65. The Morgan fingerprint density at radius 1 is 0.750 bits per heavy atom. The highest BCUT2D eigenvalue weighted by Gasteiger charge is 2.28. The maximum absolute atomic E-state index is 13.7. The monoisotopic (exact) mass is 324 g/mol. The van der Waals surface area contributed by atoms with Crippen LogP contribution in [-0.2, 0) is 0 Å². The smallest absolute Gasteiger partial charge is 0.200 e. The van der Waals surface area contributed by atoms with Gasteiger partial charge in [0, 0.05) is 10.9 Å². The number of halogens is 5. The molecule has 0 fully saturated rings. The fourth-order valence-corrected chi connectivity index (χ4v) is 2.15. The third-order valence-electron chi connectivity index (χ3n) is 2.73. The van der Waals surface area contributed by atoms with Crippen LogP contribution in [0.25, 0.3) is 11.1 Å². The van der Waals surface area contributed by atoms with Crippen LogP contribution >= 0.6 is 18.5 Å². The van der Waals surface area contributed by atoms with E-state index >= 15 is 0 Å². The standard InChI is InChI=1S/C12H7F5OP2/c13-6-5(7(14)9(16)10(17)8(6)15)3-1-2-4(19)12(20)11(3)18/h1-2,18H,19-20H2. The van der Waals surface area contributed by atoms with E-state index in [0.717, 1.165) is 6.07 Å². The Labute approximate surface area is 115 Å². The molecule has 8 heteroatoms. The van der Waals surface area contributed by atoms with Crippen molar-refractivity contribution < 1.29 is 27.1 Å². The molecule has 1 nitrogen and oxygen atoms in total. The minimum atomic E-state index is -2.24.